The molecule has 9 heteroatoms. The van der Waals surface area contributed by atoms with Gasteiger partial charge in [0, 0.05) is 19.3 Å². The smallest absolute Gasteiger partial charge is 0.265 e. The van der Waals surface area contributed by atoms with E-state index in [0.717, 1.165) is 36.9 Å². The summed E-state index contributed by atoms with van der Waals surface area (Å²) in [4.78, 5) is 29.6. The molecule has 0 fully saturated rings. The van der Waals surface area contributed by atoms with E-state index in [1.165, 1.54) is 11.3 Å². The lowest BCUT2D eigenvalue weighted by Gasteiger charge is -2.19. The molecule has 0 radical (unpaired) electrons. The van der Waals surface area contributed by atoms with Crippen LogP contribution in [-0.4, -0.2) is 30.6 Å². The van der Waals surface area contributed by atoms with Gasteiger partial charge in [-0.1, -0.05) is 50.9 Å². The van der Waals surface area contributed by atoms with E-state index in [1.54, 1.807) is 28.0 Å². The number of benzene rings is 2. The molecule has 0 bridgehead atoms. The molecule has 7 nitrogen and oxygen atoms in total. The lowest BCUT2D eigenvalue weighted by Crippen LogP contribution is -2.24. The molecule has 1 aromatic heterocycles. The van der Waals surface area contributed by atoms with E-state index in [9.17, 15) is 14.9 Å². The topological polar surface area (TPSA) is 96.7 Å². The number of nitrogens with zero attached hydrogens (tertiary/aromatic N) is 3. The minimum absolute atomic E-state index is 0.170. The van der Waals surface area contributed by atoms with E-state index in [4.69, 9.17) is 16.7 Å². The number of nitriles is 1. The molecule has 2 amide bonds. The second kappa shape index (κ2) is 14.2. The Morgan fingerprint density at radius 2 is 1.86 bits per heavy atom. The van der Waals surface area contributed by atoms with Gasteiger partial charge in [0.1, 0.15) is 0 Å². The van der Waals surface area contributed by atoms with Crippen LogP contribution < -0.4 is 15.1 Å². The monoisotopic (exact) mass is 526 g/mol. The third-order valence-electron chi connectivity index (χ3n) is 5.31. The molecule has 3 aromatic rings. The predicted molar refractivity (Wildman–Crippen MR) is 148 cm³/mol. The van der Waals surface area contributed by atoms with Crippen LogP contribution in [0.4, 0.5) is 17.1 Å². The second-order valence-corrected chi connectivity index (χ2v) is 9.13. The largest absolute Gasteiger partial charge is 0.400 e. The molecule has 0 saturated carbocycles. The third-order valence-corrected chi connectivity index (χ3v) is 6.54. The van der Waals surface area contributed by atoms with Crippen LogP contribution in [0, 0.1) is 11.5 Å². The summed E-state index contributed by atoms with van der Waals surface area (Å²) in [5.74, 6) is -0.467. The van der Waals surface area contributed by atoms with Gasteiger partial charge in [-0.2, -0.15) is 5.26 Å². The summed E-state index contributed by atoms with van der Waals surface area (Å²) in [6.07, 6.45) is 4.15. The number of amides is 2. The SMILES string of the molecule is CC.CCCCN(C#N)c1ccc(N2Cc3cccc(NC(=O)c4ccc(Cl)s4)c3C2=O)cc1.CO. The van der Waals surface area contributed by atoms with Gasteiger partial charge in [-0.3, -0.25) is 14.5 Å². The molecule has 1 aliphatic heterocycles. The van der Waals surface area contributed by atoms with Gasteiger partial charge in [-0.15, -0.1) is 11.3 Å². The van der Waals surface area contributed by atoms with E-state index in [-0.39, 0.29) is 11.8 Å². The molecule has 190 valence electrons. The quantitative estimate of drug-likeness (QED) is 0.269. The molecule has 0 unspecified atom stereocenters. The second-order valence-electron chi connectivity index (χ2n) is 7.41. The fourth-order valence-electron chi connectivity index (χ4n) is 3.66. The Morgan fingerprint density at radius 3 is 2.44 bits per heavy atom. The van der Waals surface area contributed by atoms with Crippen molar-refractivity contribution in [3.63, 3.8) is 0 Å². The average molecular weight is 527 g/mol. The molecule has 0 saturated heterocycles. The molecule has 4 rings (SSSR count). The molecule has 36 heavy (non-hydrogen) atoms. The Balaban J connectivity index is 0.00000109. The molecule has 1 aliphatic rings. The number of nitrogens with one attached hydrogen (secondary N) is 1. The number of unbranched alkanes of at least 4 members (excludes halogenated alkanes) is 1. The van der Waals surface area contributed by atoms with Crippen molar-refractivity contribution in [2.24, 2.45) is 0 Å². The Bertz CT molecular complexity index is 1200. The van der Waals surface area contributed by atoms with Gasteiger partial charge in [0.05, 0.1) is 32.7 Å². The highest BCUT2D eigenvalue weighted by Gasteiger charge is 2.31. The molecule has 0 atom stereocenters. The Kier molecular flexibility index (Phi) is 11.4. The normalized spacial score (nSPS) is 11.4. The van der Waals surface area contributed by atoms with Gasteiger partial charge in [0.25, 0.3) is 11.8 Å². The van der Waals surface area contributed by atoms with Crippen LogP contribution in [0.5, 0.6) is 0 Å². The number of hydrogen-bond donors (Lipinski definition) is 2. The van der Waals surface area contributed by atoms with Crippen molar-refractivity contribution in [3.05, 3.63) is 74.9 Å². The highest BCUT2D eigenvalue weighted by Crippen LogP contribution is 2.34. The number of anilines is 3. The van der Waals surface area contributed by atoms with Crippen LogP contribution in [0.3, 0.4) is 0 Å². The summed E-state index contributed by atoms with van der Waals surface area (Å²) in [6.45, 7) is 7.17. The van der Waals surface area contributed by atoms with Crippen molar-refractivity contribution in [1.82, 2.24) is 0 Å². The van der Waals surface area contributed by atoms with Crippen LogP contribution >= 0.6 is 22.9 Å². The summed E-state index contributed by atoms with van der Waals surface area (Å²) in [5.41, 5.74) is 3.37. The lowest BCUT2D eigenvalue weighted by molar-refractivity contribution is 0.0997. The molecule has 2 heterocycles. The standard InChI is InChI=1S/C24H21ClN4O2S.C2H6.CH4O/c1-2-3-13-28(15-26)17-7-9-18(10-8-17)29-14-16-5-4-6-19(22(16)24(29)31)27-23(30)20-11-12-21(25)32-20;2*1-2/h4-12H,2-3,13-14H2,1H3,(H,27,30);1-2H3;2H,1H3. The number of rotatable bonds is 7. The van der Waals surface area contributed by atoms with E-state index >= 15 is 0 Å². The minimum atomic E-state index is -0.297. The van der Waals surface area contributed by atoms with Crippen LogP contribution in [0.1, 0.15) is 59.2 Å². The molecular formula is C27H31ClN4O3S. The fraction of sp³-hybridized carbons (Fsp3) is 0.296. The first-order valence-corrected chi connectivity index (χ1v) is 12.9. The Labute approximate surface area is 221 Å². The van der Waals surface area contributed by atoms with Crippen LogP contribution in [0.15, 0.2) is 54.6 Å². The van der Waals surface area contributed by atoms with Crippen molar-refractivity contribution < 1.29 is 14.7 Å². The fourth-order valence-corrected chi connectivity index (χ4v) is 4.60. The molecule has 0 spiro atoms. The number of aliphatic hydroxyl groups is 1. The number of thiophene rings is 1. The maximum atomic E-state index is 13.2. The van der Waals surface area contributed by atoms with E-state index < -0.39 is 0 Å². The number of aliphatic hydroxyl groups excluding tert-OH is 1. The zero-order valence-electron chi connectivity index (χ0n) is 20.9. The van der Waals surface area contributed by atoms with Crippen molar-refractivity contribution in [3.8, 4) is 6.19 Å². The Morgan fingerprint density at radius 1 is 1.17 bits per heavy atom. The number of carbonyl (C=O) groups excluding carboxylic acids is 2. The number of fused-ring (bicyclic) bond motifs is 1. The third kappa shape index (κ3) is 6.64. The first-order valence-electron chi connectivity index (χ1n) is 11.7. The zero-order valence-corrected chi connectivity index (χ0v) is 22.5. The molecule has 0 aliphatic carbocycles. The van der Waals surface area contributed by atoms with Crippen molar-refractivity contribution >= 4 is 51.8 Å². The van der Waals surface area contributed by atoms with E-state index in [1.807, 2.05) is 50.2 Å². The van der Waals surface area contributed by atoms with Gasteiger partial charge in [-0.05, 0) is 54.4 Å². The van der Waals surface area contributed by atoms with Crippen molar-refractivity contribution in [1.29, 1.82) is 5.26 Å². The first-order chi connectivity index (χ1) is 17.5. The van der Waals surface area contributed by atoms with E-state index in [2.05, 4.69) is 18.4 Å². The summed E-state index contributed by atoms with van der Waals surface area (Å²) in [6, 6.07) is 16.2. The first kappa shape index (κ1) is 28.9. The minimum Gasteiger partial charge on any atom is -0.400 e. The van der Waals surface area contributed by atoms with Gasteiger partial charge in [0.15, 0.2) is 6.19 Å². The number of halogens is 1. The van der Waals surface area contributed by atoms with Crippen LogP contribution in [0.2, 0.25) is 4.34 Å². The van der Waals surface area contributed by atoms with Gasteiger partial charge < -0.3 is 15.3 Å². The molecular weight excluding hydrogens is 496 g/mol. The highest BCUT2D eigenvalue weighted by molar-refractivity contribution is 7.18. The lowest BCUT2D eigenvalue weighted by atomic mass is 10.1. The van der Waals surface area contributed by atoms with Crippen molar-refractivity contribution in [2.75, 3.05) is 28.8 Å². The predicted octanol–water partition coefficient (Wildman–Crippen LogP) is 6.54. The molecule has 2 aromatic carbocycles. The summed E-state index contributed by atoms with van der Waals surface area (Å²) in [7, 11) is 1.00. The zero-order chi connectivity index (χ0) is 26.7. The van der Waals surface area contributed by atoms with E-state index in [0.29, 0.717) is 33.6 Å². The maximum absolute atomic E-state index is 13.2. The van der Waals surface area contributed by atoms with Gasteiger partial charge >= 0.3 is 0 Å². The average Bonchev–Trinajstić information content (AvgIpc) is 3.51. The summed E-state index contributed by atoms with van der Waals surface area (Å²) >= 11 is 7.12. The van der Waals surface area contributed by atoms with Gasteiger partial charge in [0.2, 0.25) is 0 Å². The number of hydrogen-bond acceptors (Lipinski definition) is 6. The summed E-state index contributed by atoms with van der Waals surface area (Å²) < 4.78 is 0.531. The maximum Gasteiger partial charge on any atom is 0.265 e. The number of carbonyl (C=O) groups is 2. The Hall–Kier alpha value is -3.38. The molecule has 2 N–H and O–H groups in total. The van der Waals surface area contributed by atoms with Gasteiger partial charge in [-0.25, -0.2) is 0 Å². The van der Waals surface area contributed by atoms with Crippen molar-refractivity contribution in [2.45, 2.75) is 40.2 Å². The van der Waals surface area contributed by atoms with Crippen LogP contribution in [0.25, 0.3) is 0 Å². The highest BCUT2D eigenvalue weighted by atomic mass is 35.5. The summed E-state index contributed by atoms with van der Waals surface area (Å²) in [5, 5.41) is 19.3. The van der Waals surface area contributed by atoms with Crippen LogP contribution in [-0.2, 0) is 6.54 Å².